The lowest BCUT2D eigenvalue weighted by molar-refractivity contribution is -0.384. The zero-order chi connectivity index (χ0) is 17.5. The van der Waals surface area contributed by atoms with E-state index in [9.17, 15) is 20.6 Å². The summed E-state index contributed by atoms with van der Waals surface area (Å²) in [6.07, 6.45) is 0. The molecule has 1 atom stereocenters. The quantitative estimate of drug-likeness (QED) is 0.649. The predicted octanol–water partition coefficient (Wildman–Crippen LogP) is 3.40. The molecule has 0 saturated carbocycles. The van der Waals surface area contributed by atoms with Gasteiger partial charge >= 0.3 is 0 Å². The highest BCUT2D eigenvalue weighted by Gasteiger charge is 2.23. The summed E-state index contributed by atoms with van der Waals surface area (Å²) in [7, 11) is 0. The molecule has 0 aliphatic heterocycles. The Labute approximate surface area is 140 Å². The fourth-order valence-electron chi connectivity index (χ4n) is 2.34. The van der Waals surface area contributed by atoms with E-state index < -0.39 is 16.9 Å². The third kappa shape index (κ3) is 4.16. The first-order valence-corrected chi connectivity index (χ1v) is 7.37. The van der Waals surface area contributed by atoms with Crippen molar-refractivity contribution in [2.45, 2.75) is 19.5 Å². The molecule has 0 heterocycles. The maximum absolute atomic E-state index is 10.8. The van der Waals surface area contributed by atoms with E-state index in [2.05, 4.69) is 5.32 Å². The van der Waals surface area contributed by atoms with Gasteiger partial charge in [0.2, 0.25) is 0 Å². The Morgan fingerprint density at radius 1 is 1.08 bits per heavy atom. The smallest absolute Gasteiger partial charge is 0.269 e. The molecule has 2 rings (SSSR count). The maximum atomic E-state index is 10.8. The second-order valence-electron chi connectivity index (χ2n) is 5.43. The first-order chi connectivity index (χ1) is 11.5. The van der Waals surface area contributed by atoms with Gasteiger partial charge in [-0.15, -0.1) is 0 Å². The van der Waals surface area contributed by atoms with Gasteiger partial charge in [-0.05, 0) is 18.1 Å². The number of benzene rings is 2. The standard InChI is InChI=1S/C18H16N4O2/c1-13-2-4-14(5-3-13)12-21-18(16(10-19)11-20)15-6-8-17(9-7-15)22(23)24/h2-9,16,18,21H,12H2,1H3. The Balaban J connectivity index is 2.21. The number of non-ortho nitro benzene ring substituents is 1. The SMILES string of the molecule is Cc1ccc(CNC(c2ccc([N+](=O)[O-])cc2)C(C#N)C#N)cc1. The van der Waals surface area contributed by atoms with Gasteiger partial charge < -0.3 is 5.32 Å². The number of rotatable bonds is 6. The summed E-state index contributed by atoms with van der Waals surface area (Å²) >= 11 is 0. The molecule has 0 fully saturated rings. The van der Waals surface area contributed by atoms with Gasteiger partial charge in [0, 0.05) is 18.7 Å². The van der Waals surface area contributed by atoms with Crippen LogP contribution in [0.2, 0.25) is 0 Å². The number of hydrogen-bond acceptors (Lipinski definition) is 5. The lowest BCUT2D eigenvalue weighted by atomic mass is 9.94. The van der Waals surface area contributed by atoms with E-state index in [0.29, 0.717) is 12.1 Å². The van der Waals surface area contributed by atoms with Gasteiger partial charge in [0.15, 0.2) is 5.92 Å². The van der Waals surface area contributed by atoms with E-state index in [1.54, 1.807) is 12.1 Å². The molecule has 0 spiro atoms. The Kier molecular flexibility index (Phi) is 5.62. The number of nitro groups is 1. The van der Waals surface area contributed by atoms with Crippen LogP contribution in [-0.4, -0.2) is 4.92 Å². The van der Waals surface area contributed by atoms with Crippen molar-refractivity contribution in [2.24, 2.45) is 5.92 Å². The first kappa shape index (κ1) is 17.1. The molecule has 120 valence electrons. The third-order valence-corrected chi connectivity index (χ3v) is 3.72. The topological polar surface area (TPSA) is 103 Å². The summed E-state index contributed by atoms with van der Waals surface area (Å²) in [6.45, 7) is 2.49. The molecular formula is C18H16N4O2. The molecule has 0 radical (unpaired) electrons. The minimum absolute atomic E-state index is 0.0264. The number of aryl methyl sites for hydroxylation is 1. The fourth-order valence-corrected chi connectivity index (χ4v) is 2.34. The van der Waals surface area contributed by atoms with Gasteiger partial charge in [0.05, 0.1) is 23.1 Å². The molecule has 1 N–H and O–H groups in total. The molecule has 0 amide bonds. The summed E-state index contributed by atoms with van der Waals surface area (Å²) in [4.78, 5) is 10.3. The van der Waals surface area contributed by atoms with Crippen LogP contribution in [0.3, 0.4) is 0 Å². The molecule has 6 heteroatoms. The van der Waals surface area contributed by atoms with E-state index in [1.165, 1.54) is 12.1 Å². The molecule has 2 aromatic rings. The van der Waals surface area contributed by atoms with Crippen LogP contribution in [0.15, 0.2) is 48.5 Å². The lowest BCUT2D eigenvalue weighted by Gasteiger charge is -2.20. The van der Waals surface area contributed by atoms with Crippen molar-refractivity contribution in [2.75, 3.05) is 0 Å². The average Bonchev–Trinajstić information content (AvgIpc) is 2.60. The molecule has 0 aromatic heterocycles. The van der Waals surface area contributed by atoms with Gasteiger partial charge in [0.1, 0.15) is 0 Å². The number of hydrogen-bond donors (Lipinski definition) is 1. The van der Waals surface area contributed by atoms with Crippen LogP contribution in [-0.2, 0) is 6.54 Å². The van der Waals surface area contributed by atoms with Gasteiger partial charge in [0.25, 0.3) is 5.69 Å². The molecule has 1 unspecified atom stereocenters. The van der Waals surface area contributed by atoms with Gasteiger partial charge in [-0.2, -0.15) is 10.5 Å². The van der Waals surface area contributed by atoms with Crippen LogP contribution in [0.5, 0.6) is 0 Å². The molecule has 0 aliphatic carbocycles. The normalized spacial score (nSPS) is 11.5. The van der Waals surface area contributed by atoms with Crippen molar-refractivity contribution in [1.29, 1.82) is 10.5 Å². The monoisotopic (exact) mass is 320 g/mol. The van der Waals surface area contributed by atoms with Crippen LogP contribution in [0.25, 0.3) is 0 Å². The minimum Gasteiger partial charge on any atom is -0.304 e. The molecule has 24 heavy (non-hydrogen) atoms. The van der Waals surface area contributed by atoms with Gasteiger partial charge in [-0.25, -0.2) is 0 Å². The summed E-state index contributed by atoms with van der Waals surface area (Å²) in [5.74, 6) is -0.892. The zero-order valence-corrected chi connectivity index (χ0v) is 13.1. The molecule has 0 bridgehead atoms. The van der Waals surface area contributed by atoms with Crippen LogP contribution >= 0.6 is 0 Å². The fraction of sp³-hybridized carbons (Fsp3) is 0.222. The van der Waals surface area contributed by atoms with Crippen molar-refractivity contribution < 1.29 is 4.92 Å². The highest BCUT2D eigenvalue weighted by atomic mass is 16.6. The Bertz CT molecular complexity index is 772. The third-order valence-electron chi connectivity index (χ3n) is 3.72. The van der Waals surface area contributed by atoms with Crippen molar-refractivity contribution in [3.63, 3.8) is 0 Å². The molecule has 0 aliphatic rings. The maximum Gasteiger partial charge on any atom is 0.269 e. The molecule has 0 saturated heterocycles. The van der Waals surface area contributed by atoms with Gasteiger partial charge in [-0.1, -0.05) is 42.0 Å². The van der Waals surface area contributed by atoms with Crippen molar-refractivity contribution in [3.8, 4) is 12.1 Å². The average molecular weight is 320 g/mol. The minimum atomic E-state index is -0.892. The summed E-state index contributed by atoms with van der Waals surface area (Å²) < 4.78 is 0. The van der Waals surface area contributed by atoms with Crippen LogP contribution in [0.1, 0.15) is 22.7 Å². The van der Waals surface area contributed by atoms with Crippen molar-refractivity contribution >= 4 is 5.69 Å². The number of nitrogens with one attached hydrogen (secondary N) is 1. The highest BCUT2D eigenvalue weighted by molar-refractivity contribution is 5.35. The second-order valence-corrected chi connectivity index (χ2v) is 5.43. The van der Waals surface area contributed by atoms with Crippen molar-refractivity contribution in [3.05, 3.63) is 75.3 Å². The summed E-state index contributed by atoms with van der Waals surface area (Å²) in [6, 6.07) is 17.3. The molecule has 6 nitrogen and oxygen atoms in total. The number of nitriles is 2. The Morgan fingerprint density at radius 2 is 1.67 bits per heavy atom. The predicted molar refractivity (Wildman–Crippen MR) is 88.6 cm³/mol. The summed E-state index contributed by atoms with van der Waals surface area (Å²) in [5, 5.41) is 32.4. The number of nitro benzene ring substituents is 1. The Morgan fingerprint density at radius 3 is 2.17 bits per heavy atom. The second kappa shape index (κ2) is 7.87. The van der Waals surface area contributed by atoms with E-state index in [4.69, 9.17) is 0 Å². The van der Waals surface area contributed by atoms with Crippen LogP contribution < -0.4 is 5.32 Å². The number of nitrogens with zero attached hydrogens (tertiary/aromatic N) is 3. The van der Waals surface area contributed by atoms with Crippen molar-refractivity contribution in [1.82, 2.24) is 5.32 Å². The lowest BCUT2D eigenvalue weighted by Crippen LogP contribution is -2.26. The summed E-state index contributed by atoms with van der Waals surface area (Å²) in [5.41, 5.74) is 2.82. The molecular weight excluding hydrogens is 304 g/mol. The first-order valence-electron chi connectivity index (χ1n) is 7.37. The van der Waals surface area contributed by atoms with E-state index in [-0.39, 0.29) is 5.69 Å². The highest BCUT2D eigenvalue weighted by Crippen LogP contribution is 2.24. The van der Waals surface area contributed by atoms with Crippen LogP contribution in [0, 0.1) is 45.6 Å². The van der Waals surface area contributed by atoms with Crippen LogP contribution in [0.4, 0.5) is 5.69 Å². The van der Waals surface area contributed by atoms with E-state index >= 15 is 0 Å². The van der Waals surface area contributed by atoms with Gasteiger partial charge in [-0.3, -0.25) is 10.1 Å². The van der Waals surface area contributed by atoms with E-state index in [1.807, 2.05) is 43.3 Å². The largest absolute Gasteiger partial charge is 0.304 e. The zero-order valence-electron chi connectivity index (χ0n) is 13.1. The molecule has 2 aromatic carbocycles. The Hall–Kier alpha value is -3.22. The van der Waals surface area contributed by atoms with E-state index in [0.717, 1.165) is 11.1 Å².